The van der Waals surface area contributed by atoms with E-state index in [1.54, 1.807) is 0 Å². The van der Waals surface area contributed by atoms with E-state index in [0.29, 0.717) is 11.7 Å². The molecule has 0 aromatic carbocycles. The quantitative estimate of drug-likeness (QED) is 0.499. The van der Waals surface area contributed by atoms with Crippen molar-refractivity contribution in [1.82, 2.24) is 0 Å². The number of rotatable bonds is 5. The molecule has 0 amide bonds. The molecule has 0 radical (unpaired) electrons. The monoisotopic (exact) mass is 234 g/mol. The summed E-state index contributed by atoms with van der Waals surface area (Å²) in [6, 6.07) is 0. The molecule has 0 heterocycles. The molecular weight excluding hydrogens is 208 g/mol. The van der Waals surface area contributed by atoms with Gasteiger partial charge in [0.2, 0.25) is 0 Å². The van der Waals surface area contributed by atoms with Crippen LogP contribution in [0.2, 0.25) is 0 Å². The van der Waals surface area contributed by atoms with Gasteiger partial charge >= 0.3 is 0 Å². The van der Waals surface area contributed by atoms with Crippen molar-refractivity contribution in [2.75, 3.05) is 0 Å². The van der Waals surface area contributed by atoms with Gasteiger partial charge in [0.25, 0.3) is 0 Å². The summed E-state index contributed by atoms with van der Waals surface area (Å²) >= 11 is 0. The number of ketones is 1. The molecule has 0 spiro atoms. The Labute approximate surface area is 106 Å². The fourth-order valence-corrected chi connectivity index (χ4v) is 3.49. The molecule has 1 atom stereocenters. The van der Waals surface area contributed by atoms with Crippen molar-refractivity contribution >= 4 is 5.78 Å². The van der Waals surface area contributed by atoms with E-state index in [4.69, 9.17) is 0 Å². The first-order chi connectivity index (χ1) is 8.33. The van der Waals surface area contributed by atoms with Crippen LogP contribution in [0, 0.1) is 11.8 Å². The van der Waals surface area contributed by atoms with Gasteiger partial charge in [-0.05, 0) is 50.0 Å². The van der Waals surface area contributed by atoms with Crippen LogP contribution in [0.15, 0.2) is 11.6 Å². The van der Waals surface area contributed by atoms with Crippen molar-refractivity contribution in [3.63, 3.8) is 0 Å². The SMILES string of the molecule is CCCCCC=C1CCC(C2CCCC2)C1=O. The highest BCUT2D eigenvalue weighted by Gasteiger charge is 2.36. The Kier molecular flexibility index (Phi) is 4.82. The second kappa shape index (κ2) is 6.37. The molecule has 96 valence electrons. The van der Waals surface area contributed by atoms with Gasteiger partial charge in [-0.3, -0.25) is 4.79 Å². The summed E-state index contributed by atoms with van der Waals surface area (Å²) in [4.78, 5) is 12.3. The van der Waals surface area contributed by atoms with Crippen molar-refractivity contribution < 1.29 is 4.79 Å². The summed E-state index contributed by atoms with van der Waals surface area (Å²) in [5.41, 5.74) is 1.16. The summed E-state index contributed by atoms with van der Waals surface area (Å²) in [5, 5.41) is 0. The van der Waals surface area contributed by atoms with E-state index in [2.05, 4.69) is 13.0 Å². The fraction of sp³-hybridized carbons (Fsp3) is 0.812. The Bertz CT molecular complexity index is 284. The predicted molar refractivity (Wildman–Crippen MR) is 71.9 cm³/mol. The van der Waals surface area contributed by atoms with E-state index >= 15 is 0 Å². The van der Waals surface area contributed by atoms with E-state index < -0.39 is 0 Å². The molecule has 2 fully saturated rings. The second-order valence-corrected chi connectivity index (χ2v) is 5.78. The molecule has 1 nitrogen and oxygen atoms in total. The molecule has 1 unspecified atom stereocenters. The number of unbranched alkanes of at least 4 members (excludes halogenated alkanes) is 3. The van der Waals surface area contributed by atoms with Gasteiger partial charge in [-0.2, -0.15) is 0 Å². The van der Waals surface area contributed by atoms with Crippen molar-refractivity contribution in [2.24, 2.45) is 11.8 Å². The zero-order valence-corrected chi connectivity index (χ0v) is 11.2. The van der Waals surface area contributed by atoms with Crippen molar-refractivity contribution in [1.29, 1.82) is 0 Å². The Hall–Kier alpha value is -0.590. The van der Waals surface area contributed by atoms with E-state index in [0.717, 1.165) is 30.8 Å². The molecule has 2 aliphatic carbocycles. The van der Waals surface area contributed by atoms with Crippen LogP contribution in [0.1, 0.15) is 71.1 Å². The number of carbonyl (C=O) groups excluding carboxylic acids is 1. The summed E-state index contributed by atoms with van der Waals surface area (Å²) < 4.78 is 0. The Morgan fingerprint density at radius 2 is 1.94 bits per heavy atom. The van der Waals surface area contributed by atoms with E-state index in [9.17, 15) is 4.79 Å². The first kappa shape index (κ1) is 12.9. The Balaban J connectivity index is 1.83. The van der Waals surface area contributed by atoms with Gasteiger partial charge in [-0.1, -0.05) is 38.7 Å². The molecule has 0 aromatic rings. The Morgan fingerprint density at radius 3 is 2.65 bits per heavy atom. The van der Waals surface area contributed by atoms with Crippen LogP contribution in [0.4, 0.5) is 0 Å². The maximum Gasteiger partial charge on any atom is 0.161 e. The smallest absolute Gasteiger partial charge is 0.161 e. The van der Waals surface area contributed by atoms with Gasteiger partial charge in [0, 0.05) is 5.92 Å². The normalized spacial score (nSPS) is 28.4. The highest BCUT2D eigenvalue weighted by atomic mass is 16.1. The van der Waals surface area contributed by atoms with Gasteiger partial charge in [0.15, 0.2) is 5.78 Å². The van der Waals surface area contributed by atoms with Gasteiger partial charge < -0.3 is 0 Å². The van der Waals surface area contributed by atoms with Gasteiger partial charge in [-0.25, -0.2) is 0 Å². The molecule has 0 saturated heterocycles. The molecule has 2 aliphatic rings. The number of allylic oxidation sites excluding steroid dienone is 2. The molecule has 2 rings (SSSR count). The third-order valence-corrected chi connectivity index (χ3v) is 4.55. The molecule has 0 bridgehead atoms. The van der Waals surface area contributed by atoms with Gasteiger partial charge in [-0.15, -0.1) is 0 Å². The predicted octanol–water partition coefficient (Wildman–Crippen LogP) is 4.66. The zero-order valence-electron chi connectivity index (χ0n) is 11.2. The maximum absolute atomic E-state index is 12.3. The average Bonchev–Trinajstić information content (AvgIpc) is 2.95. The standard InChI is InChI=1S/C16H26O/c1-2-3-4-5-10-14-11-12-15(16(14)17)13-8-6-7-9-13/h10,13,15H,2-9,11-12H2,1H3. The third-order valence-electron chi connectivity index (χ3n) is 4.55. The van der Waals surface area contributed by atoms with Crippen LogP contribution in [0.25, 0.3) is 0 Å². The molecular formula is C16H26O. The van der Waals surface area contributed by atoms with Crippen LogP contribution >= 0.6 is 0 Å². The topological polar surface area (TPSA) is 17.1 Å². The largest absolute Gasteiger partial charge is 0.294 e. The molecule has 0 N–H and O–H groups in total. The highest BCUT2D eigenvalue weighted by molar-refractivity contribution is 5.99. The lowest BCUT2D eigenvalue weighted by Crippen LogP contribution is -2.16. The number of hydrogen-bond donors (Lipinski definition) is 0. The molecule has 1 heteroatoms. The molecule has 0 aliphatic heterocycles. The van der Waals surface area contributed by atoms with Crippen molar-refractivity contribution in [2.45, 2.75) is 71.1 Å². The van der Waals surface area contributed by atoms with Crippen LogP contribution in [-0.2, 0) is 4.79 Å². The van der Waals surface area contributed by atoms with E-state index in [1.807, 2.05) is 0 Å². The van der Waals surface area contributed by atoms with Crippen LogP contribution < -0.4 is 0 Å². The molecule has 17 heavy (non-hydrogen) atoms. The van der Waals surface area contributed by atoms with Crippen molar-refractivity contribution in [3.05, 3.63) is 11.6 Å². The minimum atomic E-state index is 0.398. The van der Waals surface area contributed by atoms with E-state index in [-0.39, 0.29) is 0 Å². The fourth-order valence-electron chi connectivity index (χ4n) is 3.49. The Morgan fingerprint density at radius 1 is 1.18 bits per heavy atom. The summed E-state index contributed by atoms with van der Waals surface area (Å²) in [7, 11) is 0. The molecule has 0 aromatic heterocycles. The lowest BCUT2D eigenvalue weighted by Gasteiger charge is -2.15. The lowest BCUT2D eigenvalue weighted by molar-refractivity contribution is -0.119. The van der Waals surface area contributed by atoms with Crippen molar-refractivity contribution in [3.8, 4) is 0 Å². The summed E-state index contributed by atoms with van der Waals surface area (Å²) in [5.74, 6) is 1.63. The third kappa shape index (κ3) is 3.20. The summed E-state index contributed by atoms with van der Waals surface area (Å²) in [6.45, 7) is 2.23. The van der Waals surface area contributed by atoms with Crippen LogP contribution in [0.5, 0.6) is 0 Å². The first-order valence-corrected chi connectivity index (χ1v) is 7.56. The second-order valence-electron chi connectivity index (χ2n) is 5.78. The number of carbonyl (C=O) groups is 1. The van der Waals surface area contributed by atoms with E-state index in [1.165, 1.54) is 44.9 Å². The molecule has 2 saturated carbocycles. The van der Waals surface area contributed by atoms with Gasteiger partial charge in [0.05, 0.1) is 0 Å². The van der Waals surface area contributed by atoms with Gasteiger partial charge in [0.1, 0.15) is 0 Å². The average molecular weight is 234 g/mol. The lowest BCUT2D eigenvalue weighted by atomic mass is 9.88. The minimum Gasteiger partial charge on any atom is -0.294 e. The maximum atomic E-state index is 12.3. The highest BCUT2D eigenvalue weighted by Crippen LogP contribution is 2.40. The minimum absolute atomic E-state index is 0.398. The van der Waals surface area contributed by atoms with Crippen LogP contribution in [-0.4, -0.2) is 5.78 Å². The first-order valence-electron chi connectivity index (χ1n) is 7.56. The zero-order chi connectivity index (χ0) is 12.1. The van der Waals surface area contributed by atoms with Crippen LogP contribution in [0.3, 0.4) is 0 Å². The number of hydrogen-bond acceptors (Lipinski definition) is 1. The summed E-state index contributed by atoms with van der Waals surface area (Å²) in [6.07, 6.45) is 14.7. The number of Topliss-reactive ketones (excluding diaryl/α,β-unsaturated/α-hetero) is 1.